The third-order valence-electron chi connectivity index (χ3n) is 1.56. The molecule has 0 spiro atoms. The molecule has 8 heteroatoms. The van der Waals surface area contributed by atoms with E-state index < -0.39 is 14.2 Å². The van der Waals surface area contributed by atoms with Crippen molar-refractivity contribution in [3.8, 4) is 11.1 Å². The van der Waals surface area contributed by atoms with Crippen molar-refractivity contribution in [2.24, 2.45) is 0 Å². The number of benzene rings is 1. The van der Waals surface area contributed by atoms with Gasteiger partial charge in [0.25, 0.3) is 3.12 Å². The van der Waals surface area contributed by atoms with Crippen LogP contribution in [0.1, 0.15) is 0 Å². The summed E-state index contributed by atoms with van der Waals surface area (Å²) in [6.45, 7) is 0. The predicted octanol–water partition coefficient (Wildman–Crippen LogP) is 4.17. The smallest absolute Gasteiger partial charge is 0.253 e. The van der Waals surface area contributed by atoms with E-state index in [1.165, 1.54) is 0 Å². The minimum atomic E-state index is -2.64. The first kappa shape index (κ1) is 13.8. The van der Waals surface area contributed by atoms with Gasteiger partial charge in [-0.25, -0.2) is 0 Å². The molecule has 0 amide bonds. The second-order valence-electron chi connectivity index (χ2n) is 2.47. The van der Waals surface area contributed by atoms with E-state index in [-0.39, 0.29) is 0 Å². The molecule has 0 N–H and O–H groups in total. The summed E-state index contributed by atoms with van der Waals surface area (Å²) in [5, 5.41) is 1.45. The zero-order valence-corrected chi connectivity index (χ0v) is 11.4. The first-order chi connectivity index (χ1) is 6.75. The van der Waals surface area contributed by atoms with Crippen molar-refractivity contribution in [1.82, 2.24) is 0 Å². The lowest BCUT2D eigenvalue weighted by Crippen LogP contribution is -2.09. The fourth-order valence-corrected chi connectivity index (χ4v) is 1.34. The highest BCUT2D eigenvalue weighted by Crippen LogP contribution is 2.49. The van der Waals surface area contributed by atoms with E-state index in [0.29, 0.717) is 0 Å². The number of rotatable bonds is 0. The number of fused-ring (bicyclic) bond motifs is 1. The number of hydrogen-bond donors (Lipinski definition) is 0. The van der Waals surface area contributed by atoms with Gasteiger partial charge in [0.2, 0.25) is 0 Å². The van der Waals surface area contributed by atoms with Gasteiger partial charge < -0.3 is 4.55 Å². The standard InChI is InChI=1S/C6H2Cl2.CHCl3O2S/c7-5-3-1-2-4(3)6(5)8;2-1(3,4)7(5)6/h1-2H;(H,5,6)/p-1. The van der Waals surface area contributed by atoms with Crippen LogP contribution in [0.15, 0.2) is 12.1 Å². The zero-order chi connectivity index (χ0) is 11.8. The number of alkyl halides is 3. The van der Waals surface area contributed by atoms with Crippen LogP contribution in [0.4, 0.5) is 0 Å². The van der Waals surface area contributed by atoms with Crippen molar-refractivity contribution >= 4 is 69.1 Å². The summed E-state index contributed by atoms with van der Waals surface area (Å²) in [5.41, 5.74) is 2.24. The number of hydrogen-bond acceptors (Lipinski definition) is 2. The topological polar surface area (TPSA) is 40.1 Å². The van der Waals surface area contributed by atoms with E-state index >= 15 is 0 Å². The van der Waals surface area contributed by atoms with E-state index in [0.717, 1.165) is 21.2 Å². The Morgan fingerprint density at radius 2 is 1.33 bits per heavy atom. The fourth-order valence-electron chi connectivity index (χ4n) is 0.807. The first-order valence-corrected chi connectivity index (χ1v) is 6.36. The Labute approximate surface area is 114 Å². The summed E-state index contributed by atoms with van der Waals surface area (Å²) in [6, 6.07) is 3.92. The highest BCUT2D eigenvalue weighted by atomic mass is 35.6. The Morgan fingerprint density at radius 1 is 1.07 bits per heavy atom. The molecule has 0 aromatic rings. The van der Waals surface area contributed by atoms with Gasteiger partial charge in [0.05, 0.1) is 10.0 Å². The van der Waals surface area contributed by atoms with E-state index in [4.69, 9.17) is 58.0 Å². The molecule has 0 aromatic carbocycles. The average Bonchev–Trinajstić information content (AvgIpc) is 2.01. The lowest BCUT2D eigenvalue weighted by molar-refractivity contribution is 0.537. The molecule has 0 heterocycles. The molecule has 2 rings (SSSR count). The summed E-state index contributed by atoms with van der Waals surface area (Å²) >= 11 is 23.0. The van der Waals surface area contributed by atoms with Gasteiger partial charge in [-0.2, -0.15) is 0 Å². The molecule has 15 heavy (non-hydrogen) atoms. The van der Waals surface area contributed by atoms with Crippen LogP contribution in [0.25, 0.3) is 11.1 Å². The molecule has 84 valence electrons. The van der Waals surface area contributed by atoms with Crippen LogP contribution in [0, 0.1) is 0 Å². The molecule has 1 unspecified atom stereocenters. The largest absolute Gasteiger partial charge is 0.769 e. The van der Waals surface area contributed by atoms with Crippen LogP contribution in [0.3, 0.4) is 0 Å². The van der Waals surface area contributed by atoms with Crippen molar-refractivity contribution in [2.75, 3.05) is 0 Å². The predicted molar refractivity (Wildman–Crippen MR) is 64.7 cm³/mol. The third kappa shape index (κ3) is 3.13. The molecule has 2 aliphatic rings. The molecular weight excluding hydrogens is 325 g/mol. The van der Waals surface area contributed by atoms with Gasteiger partial charge in [-0.15, -0.1) is 0 Å². The minimum Gasteiger partial charge on any atom is -0.769 e. The van der Waals surface area contributed by atoms with Gasteiger partial charge in [0.15, 0.2) is 0 Å². The van der Waals surface area contributed by atoms with E-state index in [1.807, 2.05) is 12.1 Å². The Balaban J connectivity index is 0.000000153. The quantitative estimate of drug-likeness (QED) is 0.538. The zero-order valence-electron chi connectivity index (χ0n) is 6.77. The Hall–Kier alpha value is 0.780. The Morgan fingerprint density at radius 3 is 1.40 bits per heavy atom. The van der Waals surface area contributed by atoms with Crippen molar-refractivity contribution in [1.29, 1.82) is 0 Å². The van der Waals surface area contributed by atoms with Crippen molar-refractivity contribution < 1.29 is 8.76 Å². The van der Waals surface area contributed by atoms with Crippen LogP contribution >= 0.6 is 58.0 Å². The fraction of sp³-hybridized carbons (Fsp3) is 0.143. The second-order valence-corrected chi connectivity index (χ2v) is 7.26. The van der Waals surface area contributed by atoms with Crippen molar-refractivity contribution in [3.63, 3.8) is 0 Å². The van der Waals surface area contributed by atoms with Gasteiger partial charge in [-0.1, -0.05) is 70.1 Å². The normalized spacial score (nSPS) is 14.0. The first-order valence-electron chi connectivity index (χ1n) is 3.39. The van der Waals surface area contributed by atoms with Gasteiger partial charge in [-0.05, 0) is 11.1 Å². The summed E-state index contributed by atoms with van der Waals surface area (Å²) in [6.07, 6.45) is 0. The lowest BCUT2D eigenvalue weighted by atomic mass is 9.94. The lowest BCUT2D eigenvalue weighted by Gasteiger charge is -2.19. The van der Waals surface area contributed by atoms with Gasteiger partial charge in [0, 0.05) is 11.1 Å². The summed E-state index contributed by atoms with van der Waals surface area (Å²) in [4.78, 5) is 0. The Kier molecular flexibility index (Phi) is 4.58. The maximum atomic E-state index is 9.62. The second kappa shape index (κ2) is 4.96. The summed E-state index contributed by atoms with van der Waals surface area (Å²) in [7, 11) is 0. The molecule has 1 atom stereocenters. The molecular formula is C7H2Cl5O2S-. The molecule has 0 saturated carbocycles. The number of halogens is 5. The van der Waals surface area contributed by atoms with Crippen LogP contribution in [0.2, 0.25) is 10.0 Å². The molecule has 2 aliphatic carbocycles. The monoisotopic (exact) mass is 325 g/mol. The maximum Gasteiger partial charge on any atom is 0.253 e. The van der Waals surface area contributed by atoms with Gasteiger partial charge in [-0.3, -0.25) is 4.21 Å². The van der Waals surface area contributed by atoms with Crippen molar-refractivity contribution in [3.05, 3.63) is 22.2 Å². The van der Waals surface area contributed by atoms with Crippen LogP contribution in [-0.2, 0) is 11.1 Å². The Bertz CT molecular complexity index is 388. The highest BCUT2D eigenvalue weighted by Gasteiger charge is 2.22. The molecule has 0 bridgehead atoms. The van der Waals surface area contributed by atoms with Crippen LogP contribution in [0.5, 0.6) is 0 Å². The maximum absolute atomic E-state index is 9.62. The summed E-state index contributed by atoms with van der Waals surface area (Å²) in [5.74, 6) is 0. The van der Waals surface area contributed by atoms with Crippen LogP contribution in [-0.4, -0.2) is 11.9 Å². The molecule has 0 radical (unpaired) electrons. The molecule has 0 aliphatic heterocycles. The molecule has 0 fully saturated rings. The third-order valence-corrected chi connectivity index (χ3v) is 3.96. The molecule has 0 saturated heterocycles. The van der Waals surface area contributed by atoms with E-state index in [9.17, 15) is 8.76 Å². The minimum absolute atomic E-state index is 0.726. The van der Waals surface area contributed by atoms with Gasteiger partial charge >= 0.3 is 0 Å². The van der Waals surface area contributed by atoms with E-state index in [1.54, 1.807) is 0 Å². The van der Waals surface area contributed by atoms with E-state index in [2.05, 4.69) is 0 Å². The molecule has 2 nitrogen and oxygen atoms in total. The van der Waals surface area contributed by atoms with Crippen molar-refractivity contribution in [2.45, 2.75) is 3.12 Å². The SMILES string of the molecule is Clc1c2ccc-2c1Cl.O=S([O-])C(Cl)(Cl)Cl. The van der Waals surface area contributed by atoms with Gasteiger partial charge in [0.1, 0.15) is 0 Å². The molecule has 0 aromatic heterocycles. The average molecular weight is 327 g/mol. The summed E-state index contributed by atoms with van der Waals surface area (Å²) < 4.78 is 17.1. The van der Waals surface area contributed by atoms with Crippen LogP contribution < -0.4 is 0 Å². The highest BCUT2D eigenvalue weighted by molar-refractivity contribution is 7.85.